The molecule has 0 aromatic heterocycles. The fourth-order valence-corrected chi connectivity index (χ4v) is 3.16. The summed E-state index contributed by atoms with van der Waals surface area (Å²) in [5.74, 6) is 0. The van der Waals surface area contributed by atoms with E-state index in [1.807, 2.05) is 32.9 Å². The molecule has 1 aliphatic heterocycles. The molecule has 1 N–H and O–H groups in total. The molecule has 0 radical (unpaired) electrons. The highest BCUT2D eigenvalue weighted by Gasteiger charge is 2.24. The minimum Gasteiger partial charge on any atom is -0.444 e. The molecule has 1 saturated heterocycles. The zero-order valence-corrected chi connectivity index (χ0v) is 15.5. The van der Waals surface area contributed by atoms with Crippen LogP contribution in [0.5, 0.6) is 0 Å². The number of ether oxygens (including phenoxy) is 1. The van der Waals surface area contributed by atoms with E-state index in [9.17, 15) is 4.79 Å². The van der Waals surface area contributed by atoms with Gasteiger partial charge in [-0.1, -0.05) is 17.7 Å². The Morgan fingerprint density at radius 2 is 2.00 bits per heavy atom. The number of anilines is 1. The fraction of sp³-hybridized carbons (Fsp3) is 0.562. The zero-order valence-electron chi connectivity index (χ0n) is 13.2. The lowest BCUT2D eigenvalue weighted by atomic mass is 10.0. The normalized spacial score (nSPS) is 16.5. The predicted octanol–water partition coefficient (Wildman–Crippen LogP) is 4.60. The number of halogens is 2. The van der Waals surface area contributed by atoms with Crippen LogP contribution in [0, 0.1) is 0 Å². The molecular formula is C16H22BrClN2O2. The van der Waals surface area contributed by atoms with Gasteiger partial charge in [-0.15, -0.1) is 0 Å². The number of amides is 1. The number of alkyl carbamates (subject to hydrolysis) is 1. The molecule has 0 aliphatic carbocycles. The Morgan fingerprint density at radius 3 is 2.59 bits per heavy atom. The van der Waals surface area contributed by atoms with Crippen LogP contribution in [-0.4, -0.2) is 30.8 Å². The number of hydrogen-bond donors (Lipinski definition) is 1. The van der Waals surface area contributed by atoms with Crippen LogP contribution in [0.2, 0.25) is 5.02 Å². The van der Waals surface area contributed by atoms with E-state index in [2.05, 4.69) is 32.2 Å². The van der Waals surface area contributed by atoms with Gasteiger partial charge in [-0.3, -0.25) is 0 Å². The van der Waals surface area contributed by atoms with Crippen molar-refractivity contribution in [3.63, 3.8) is 0 Å². The molecule has 1 aromatic carbocycles. The van der Waals surface area contributed by atoms with Gasteiger partial charge in [-0.2, -0.15) is 0 Å². The first-order valence-electron chi connectivity index (χ1n) is 7.45. The number of hydrogen-bond acceptors (Lipinski definition) is 3. The molecule has 6 heteroatoms. The third-order valence-corrected chi connectivity index (χ3v) is 4.86. The molecule has 0 spiro atoms. The average molecular weight is 390 g/mol. The van der Waals surface area contributed by atoms with E-state index in [0.717, 1.165) is 36.1 Å². The molecule has 0 atom stereocenters. The summed E-state index contributed by atoms with van der Waals surface area (Å²) < 4.78 is 6.22. The number of carbonyl (C=O) groups excluding carboxylic acids is 1. The second-order valence-corrected chi connectivity index (χ2v) is 7.68. The van der Waals surface area contributed by atoms with E-state index in [0.29, 0.717) is 5.02 Å². The summed E-state index contributed by atoms with van der Waals surface area (Å²) >= 11 is 9.69. The fourth-order valence-electron chi connectivity index (χ4n) is 2.48. The number of rotatable bonds is 2. The number of nitrogens with one attached hydrogen (secondary N) is 1. The van der Waals surface area contributed by atoms with E-state index in [4.69, 9.17) is 16.3 Å². The van der Waals surface area contributed by atoms with Gasteiger partial charge in [-0.25, -0.2) is 4.79 Å². The van der Waals surface area contributed by atoms with Crippen molar-refractivity contribution in [1.29, 1.82) is 0 Å². The molecule has 1 heterocycles. The third kappa shape index (κ3) is 4.78. The van der Waals surface area contributed by atoms with Crippen LogP contribution < -0.4 is 10.2 Å². The van der Waals surface area contributed by atoms with Crippen molar-refractivity contribution in [3.8, 4) is 0 Å². The molecule has 22 heavy (non-hydrogen) atoms. The van der Waals surface area contributed by atoms with Crippen LogP contribution in [0.15, 0.2) is 22.7 Å². The Bertz CT molecular complexity index is 537. The summed E-state index contributed by atoms with van der Waals surface area (Å²) in [6.07, 6.45) is 1.44. The number of nitrogens with zero attached hydrogens (tertiary/aromatic N) is 1. The Balaban J connectivity index is 1.88. The highest BCUT2D eigenvalue weighted by molar-refractivity contribution is 9.10. The molecule has 0 unspecified atom stereocenters. The monoisotopic (exact) mass is 388 g/mol. The largest absolute Gasteiger partial charge is 0.444 e. The summed E-state index contributed by atoms with van der Waals surface area (Å²) in [6.45, 7) is 7.35. The van der Waals surface area contributed by atoms with Gasteiger partial charge in [0.25, 0.3) is 0 Å². The molecule has 1 fully saturated rings. The van der Waals surface area contributed by atoms with Gasteiger partial charge in [0, 0.05) is 19.1 Å². The van der Waals surface area contributed by atoms with E-state index < -0.39 is 5.60 Å². The third-order valence-electron chi connectivity index (χ3n) is 3.49. The summed E-state index contributed by atoms with van der Waals surface area (Å²) in [6, 6.07) is 6.03. The average Bonchev–Trinajstić information content (AvgIpc) is 2.41. The summed E-state index contributed by atoms with van der Waals surface area (Å²) in [4.78, 5) is 14.1. The second kappa shape index (κ2) is 7.09. The molecule has 4 nitrogen and oxygen atoms in total. The van der Waals surface area contributed by atoms with Gasteiger partial charge < -0.3 is 15.0 Å². The van der Waals surface area contributed by atoms with Crippen molar-refractivity contribution in [2.45, 2.75) is 45.3 Å². The molecule has 1 aromatic rings. The second-order valence-electron chi connectivity index (χ2n) is 6.48. The molecule has 0 bridgehead atoms. The van der Waals surface area contributed by atoms with Crippen LogP contribution in [0.3, 0.4) is 0 Å². The summed E-state index contributed by atoms with van der Waals surface area (Å²) in [5, 5.41) is 3.66. The van der Waals surface area contributed by atoms with Gasteiger partial charge in [0.15, 0.2) is 0 Å². The smallest absolute Gasteiger partial charge is 0.407 e. The first kappa shape index (κ1) is 17.4. The van der Waals surface area contributed by atoms with E-state index in [1.54, 1.807) is 0 Å². The van der Waals surface area contributed by atoms with Gasteiger partial charge >= 0.3 is 6.09 Å². The molecule has 1 amide bonds. The quantitative estimate of drug-likeness (QED) is 0.804. The topological polar surface area (TPSA) is 41.6 Å². The van der Waals surface area contributed by atoms with Crippen LogP contribution >= 0.6 is 27.5 Å². The SMILES string of the molecule is CC(C)(C)OC(=O)NC1CCN(c2cccc(Cl)c2Br)CC1. The minimum atomic E-state index is -0.462. The first-order valence-corrected chi connectivity index (χ1v) is 8.62. The number of benzene rings is 1. The lowest BCUT2D eigenvalue weighted by molar-refractivity contribution is 0.0497. The summed E-state index contributed by atoms with van der Waals surface area (Å²) in [7, 11) is 0. The van der Waals surface area contributed by atoms with Crippen molar-refractivity contribution >= 4 is 39.3 Å². The van der Waals surface area contributed by atoms with Gasteiger partial charge in [0.2, 0.25) is 0 Å². The van der Waals surface area contributed by atoms with E-state index in [1.165, 1.54) is 0 Å². The predicted molar refractivity (Wildman–Crippen MR) is 93.8 cm³/mol. The Labute approximate surface area is 145 Å². The lowest BCUT2D eigenvalue weighted by Crippen LogP contribution is -2.46. The Hall–Kier alpha value is -0.940. The first-order chi connectivity index (χ1) is 10.3. The van der Waals surface area contributed by atoms with Gasteiger partial charge in [-0.05, 0) is 61.7 Å². The van der Waals surface area contributed by atoms with Crippen LogP contribution in [0.1, 0.15) is 33.6 Å². The van der Waals surface area contributed by atoms with Crippen LogP contribution in [-0.2, 0) is 4.74 Å². The maximum Gasteiger partial charge on any atom is 0.407 e. The van der Waals surface area contributed by atoms with Crippen LogP contribution in [0.25, 0.3) is 0 Å². The van der Waals surface area contributed by atoms with E-state index in [-0.39, 0.29) is 12.1 Å². The van der Waals surface area contributed by atoms with Gasteiger partial charge in [0.1, 0.15) is 5.60 Å². The van der Waals surface area contributed by atoms with Crippen molar-refractivity contribution in [1.82, 2.24) is 5.32 Å². The van der Waals surface area contributed by atoms with Crippen molar-refractivity contribution < 1.29 is 9.53 Å². The highest BCUT2D eigenvalue weighted by Crippen LogP contribution is 2.34. The molecule has 122 valence electrons. The van der Waals surface area contributed by atoms with Gasteiger partial charge in [0.05, 0.1) is 15.2 Å². The number of piperidine rings is 1. The van der Waals surface area contributed by atoms with Crippen molar-refractivity contribution in [2.75, 3.05) is 18.0 Å². The standard InChI is InChI=1S/C16H22BrClN2O2/c1-16(2,3)22-15(21)19-11-7-9-20(10-8-11)13-6-4-5-12(18)14(13)17/h4-6,11H,7-10H2,1-3H3,(H,19,21). The molecule has 0 saturated carbocycles. The maximum absolute atomic E-state index is 11.8. The lowest BCUT2D eigenvalue weighted by Gasteiger charge is -2.34. The Kier molecular flexibility index (Phi) is 5.61. The van der Waals surface area contributed by atoms with Crippen molar-refractivity contribution in [3.05, 3.63) is 27.7 Å². The molecular weight excluding hydrogens is 368 g/mol. The van der Waals surface area contributed by atoms with Crippen molar-refractivity contribution in [2.24, 2.45) is 0 Å². The highest BCUT2D eigenvalue weighted by atomic mass is 79.9. The number of carbonyl (C=O) groups is 1. The molecule has 1 aliphatic rings. The summed E-state index contributed by atoms with van der Waals surface area (Å²) in [5.41, 5.74) is 0.638. The van der Waals surface area contributed by atoms with E-state index >= 15 is 0 Å². The minimum absolute atomic E-state index is 0.157. The molecule has 2 rings (SSSR count). The Morgan fingerprint density at radius 1 is 1.36 bits per heavy atom. The maximum atomic E-state index is 11.8. The van der Waals surface area contributed by atoms with Crippen LogP contribution in [0.4, 0.5) is 10.5 Å². The zero-order chi connectivity index (χ0) is 16.3.